The van der Waals surface area contributed by atoms with E-state index in [1.165, 1.54) is 4.90 Å². The van der Waals surface area contributed by atoms with E-state index < -0.39 is 23.7 Å². The molecule has 106 valence electrons. The standard InChI is InChI=1S/C13H20N2O4/c1-13(2,3)19-12(17)15-8-5-6-10(15)11(16)18-9-7-14-4/h10H,5-9H2,1-3H3/t10-/m0/s1. The number of nitrogens with zero attached hydrogens (tertiary/aromatic N) is 2. The zero-order valence-corrected chi connectivity index (χ0v) is 11.6. The number of carbonyl (C=O) groups is 2. The Morgan fingerprint density at radius 2 is 2.11 bits per heavy atom. The SMILES string of the molecule is [C-]#[N+]CCOC(=O)[C@@H]1CCCN1C(=O)OC(C)(C)C. The minimum atomic E-state index is -0.585. The molecule has 1 atom stereocenters. The van der Waals surface area contributed by atoms with Gasteiger partial charge in [-0.3, -0.25) is 4.90 Å². The van der Waals surface area contributed by atoms with Crippen LogP contribution in [0.5, 0.6) is 0 Å². The van der Waals surface area contributed by atoms with Crippen LogP contribution < -0.4 is 0 Å². The predicted octanol–water partition coefficient (Wildman–Crippen LogP) is 1.85. The van der Waals surface area contributed by atoms with E-state index in [0.717, 1.165) is 6.42 Å². The highest BCUT2D eigenvalue weighted by Gasteiger charge is 2.37. The van der Waals surface area contributed by atoms with Crippen LogP contribution in [0, 0.1) is 6.57 Å². The van der Waals surface area contributed by atoms with E-state index in [1.807, 2.05) is 0 Å². The Kier molecular flexibility index (Phi) is 5.16. The molecule has 1 amide bonds. The number of amides is 1. The number of hydrogen-bond donors (Lipinski definition) is 0. The molecule has 1 fully saturated rings. The van der Waals surface area contributed by atoms with Gasteiger partial charge in [-0.25, -0.2) is 16.2 Å². The van der Waals surface area contributed by atoms with Gasteiger partial charge in [0.05, 0.1) is 0 Å². The van der Waals surface area contributed by atoms with Gasteiger partial charge in [0.15, 0.2) is 6.61 Å². The fourth-order valence-corrected chi connectivity index (χ4v) is 1.84. The average molecular weight is 268 g/mol. The van der Waals surface area contributed by atoms with E-state index in [-0.39, 0.29) is 13.2 Å². The molecule has 1 aliphatic heterocycles. The summed E-state index contributed by atoms with van der Waals surface area (Å²) < 4.78 is 10.2. The second-order valence-electron chi connectivity index (χ2n) is 5.38. The summed E-state index contributed by atoms with van der Waals surface area (Å²) in [5, 5.41) is 0. The molecule has 0 unspecified atom stereocenters. The highest BCUT2D eigenvalue weighted by molar-refractivity contribution is 5.82. The molecule has 1 heterocycles. The van der Waals surface area contributed by atoms with Gasteiger partial charge in [0.25, 0.3) is 0 Å². The van der Waals surface area contributed by atoms with Crippen LogP contribution in [-0.2, 0) is 14.3 Å². The van der Waals surface area contributed by atoms with E-state index in [0.29, 0.717) is 13.0 Å². The Labute approximate surface area is 113 Å². The van der Waals surface area contributed by atoms with E-state index in [2.05, 4.69) is 4.85 Å². The first-order valence-corrected chi connectivity index (χ1v) is 6.34. The molecule has 0 aromatic heterocycles. The molecule has 1 aliphatic rings. The summed E-state index contributed by atoms with van der Waals surface area (Å²) in [6.07, 6.45) is 0.843. The second-order valence-corrected chi connectivity index (χ2v) is 5.38. The van der Waals surface area contributed by atoms with Gasteiger partial charge >= 0.3 is 12.1 Å². The number of ether oxygens (including phenoxy) is 2. The van der Waals surface area contributed by atoms with Gasteiger partial charge < -0.3 is 14.3 Å². The number of hydrogen-bond acceptors (Lipinski definition) is 4. The topological polar surface area (TPSA) is 60.2 Å². The molecule has 0 radical (unpaired) electrons. The van der Waals surface area contributed by atoms with E-state index in [4.69, 9.17) is 16.0 Å². The first-order chi connectivity index (χ1) is 8.85. The van der Waals surface area contributed by atoms with E-state index in [1.54, 1.807) is 20.8 Å². The molecule has 0 bridgehead atoms. The quantitative estimate of drug-likeness (QED) is 0.445. The van der Waals surface area contributed by atoms with Crippen LogP contribution in [0.1, 0.15) is 33.6 Å². The Hall–Kier alpha value is -1.77. The van der Waals surface area contributed by atoms with Crippen molar-refractivity contribution in [2.45, 2.75) is 45.3 Å². The Morgan fingerprint density at radius 3 is 2.68 bits per heavy atom. The van der Waals surface area contributed by atoms with Crippen molar-refractivity contribution in [3.05, 3.63) is 11.4 Å². The smallest absolute Gasteiger partial charge is 0.411 e. The fraction of sp³-hybridized carbons (Fsp3) is 0.769. The second kappa shape index (κ2) is 6.41. The summed E-state index contributed by atoms with van der Waals surface area (Å²) in [6, 6.07) is -0.583. The maximum absolute atomic E-state index is 12.0. The Morgan fingerprint density at radius 1 is 1.42 bits per heavy atom. The van der Waals surface area contributed by atoms with Gasteiger partial charge in [-0.15, -0.1) is 0 Å². The number of likely N-dealkylation sites (tertiary alicyclic amines) is 1. The molecule has 19 heavy (non-hydrogen) atoms. The fourth-order valence-electron chi connectivity index (χ4n) is 1.84. The van der Waals surface area contributed by atoms with Crippen molar-refractivity contribution in [3.8, 4) is 0 Å². The minimum absolute atomic E-state index is 0.0704. The first kappa shape index (κ1) is 15.3. The van der Waals surface area contributed by atoms with Gasteiger partial charge in [-0.2, -0.15) is 0 Å². The molecule has 1 rings (SSSR count). The molecule has 0 aromatic rings. The van der Waals surface area contributed by atoms with E-state index >= 15 is 0 Å². The summed E-state index contributed by atoms with van der Waals surface area (Å²) in [4.78, 5) is 28.3. The first-order valence-electron chi connectivity index (χ1n) is 6.34. The van der Waals surface area contributed by atoms with Crippen molar-refractivity contribution in [2.24, 2.45) is 0 Å². The van der Waals surface area contributed by atoms with Crippen LogP contribution in [0.4, 0.5) is 4.79 Å². The lowest BCUT2D eigenvalue weighted by molar-refractivity contribution is -0.148. The molecule has 6 heteroatoms. The van der Waals surface area contributed by atoms with E-state index in [9.17, 15) is 9.59 Å². The highest BCUT2D eigenvalue weighted by Crippen LogP contribution is 2.21. The van der Waals surface area contributed by atoms with Crippen molar-refractivity contribution < 1.29 is 19.1 Å². The van der Waals surface area contributed by atoms with Crippen LogP contribution in [0.3, 0.4) is 0 Å². The molecule has 6 nitrogen and oxygen atoms in total. The van der Waals surface area contributed by atoms with Crippen LogP contribution in [0.2, 0.25) is 0 Å². The highest BCUT2D eigenvalue weighted by atomic mass is 16.6. The summed E-state index contributed by atoms with van der Waals surface area (Å²) >= 11 is 0. The van der Waals surface area contributed by atoms with Gasteiger partial charge in [0, 0.05) is 6.54 Å². The van der Waals surface area contributed by atoms with Crippen LogP contribution in [0.25, 0.3) is 4.85 Å². The molecular weight excluding hydrogens is 248 g/mol. The van der Waals surface area contributed by atoms with Crippen LogP contribution in [-0.4, -0.2) is 48.3 Å². The minimum Gasteiger partial charge on any atom is -0.456 e. The van der Waals surface area contributed by atoms with Crippen molar-refractivity contribution in [1.82, 2.24) is 4.90 Å². The molecular formula is C13H20N2O4. The lowest BCUT2D eigenvalue weighted by Crippen LogP contribution is -2.44. The predicted molar refractivity (Wildman–Crippen MR) is 68.4 cm³/mol. The third-order valence-corrected chi connectivity index (χ3v) is 2.60. The maximum atomic E-state index is 12.0. The summed E-state index contributed by atoms with van der Waals surface area (Å²) in [7, 11) is 0. The number of esters is 1. The molecule has 0 aliphatic carbocycles. The van der Waals surface area contributed by atoms with Crippen LogP contribution in [0.15, 0.2) is 0 Å². The van der Waals surface area contributed by atoms with Crippen molar-refractivity contribution >= 4 is 12.1 Å². The third-order valence-electron chi connectivity index (χ3n) is 2.60. The average Bonchev–Trinajstić information content (AvgIpc) is 2.75. The van der Waals surface area contributed by atoms with Crippen LogP contribution >= 0.6 is 0 Å². The lowest BCUT2D eigenvalue weighted by atomic mass is 10.2. The molecule has 0 aromatic carbocycles. The molecule has 0 saturated carbocycles. The van der Waals surface area contributed by atoms with Gasteiger partial charge in [0.2, 0.25) is 6.54 Å². The Bertz CT molecular complexity index is 381. The maximum Gasteiger partial charge on any atom is 0.411 e. The van der Waals surface area contributed by atoms with Crippen molar-refractivity contribution in [1.29, 1.82) is 0 Å². The third kappa shape index (κ3) is 4.78. The lowest BCUT2D eigenvalue weighted by Gasteiger charge is -2.27. The van der Waals surface area contributed by atoms with Crippen molar-refractivity contribution in [2.75, 3.05) is 19.7 Å². The van der Waals surface area contributed by atoms with Gasteiger partial charge in [-0.1, -0.05) is 0 Å². The zero-order valence-electron chi connectivity index (χ0n) is 11.6. The number of rotatable bonds is 3. The zero-order chi connectivity index (χ0) is 14.5. The summed E-state index contributed by atoms with van der Waals surface area (Å²) in [5.41, 5.74) is -0.585. The molecule has 0 N–H and O–H groups in total. The van der Waals surface area contributed by atoms with Gasteiger partial charge in [-0.05, 0) is 33.6 Å². The molecule has 1 saturated heterocycles. The van der Waals surface area contributed by atoms with Crippen molar-refractivity contribution in [3.63, 3.8) is 0 Å². The van der Waals surface area contributed by atoms with Gasteiger partial charge in [0.1, 0.15) is 11.6 Å². The normalized spacial score (nSPS) is 18.8. The largest absolute Gasteiger partial charge is 0.456 e. The Balaban J connectivity index is 2.56. The number of carbonyl (C=O) groups excluding carboxylic acids is 2. The summed E-state index contributed by atoms with van der Waals surface area (Å²) in [6.45, 7) is 12.7. The monoisotopic (exact) mass is 268 g/mol. The summed E-state index contributed by atoms with van der Waals surface area (Å²) in [5.74, 6) is -0.452. The molecule has 0 spiro atoms.